The first-order valence-electron chi connectivity index (χ1n) is 5.99. The maximum absolute atomic E-state index is 12.2. The third-order valence-electron chi connectivity index (χ3n) is 2.92. The Labute approximate surface area is 134 Å². The zero-order valence-corrected chi connectivity index (χ0v) is 13.3. The van der Waals surface area contributed by atoms with Crippen LogP contribution >= 0.6 is 27.5 Å². The molecule has 0 aliphatic heterocycles. The number of carbonyl (C=O) groups excluding carboxylic acids is 1. The van der Waals surface area contributed by atoms with Crippen LogP contribution in [0.5, 0.6) is 0 Å². The fraction of sp³-hybridized carbons (Fsp3) is 0.0667. The Bertz CT molecular complexity index is 731. The maximum atomic E-state index is 12.2. The first kappa shape index (κ1) is 15.5. The number of anilines is 1. The van der Waals surface area contributed by atoms with Crippen LogP contribution in [0, 0.1) is 6.92 Å². The van der Waals surface area contributed by atoms with Crippen LogP contribution in [0.4, 0.5) is 5.69 Å². The van der Waals surface area contributed by atoms with Gasteiger partial charge in [-0.1, -0.05) is 17.7 Å². The van der Waals surface area contributed by atoms with E-state index in [1.165, 1.54) is 12.1 Å². The van der Waals surface area contributed by atoms with Crippen LogP contribution in [0.15, 0.2) is 40.9 Å². The number of benzene rings is 2. The van der Waals surface area contributed by atoms with Crippen LogP contribution in [0.3, 0.4) is 0 Å². The van der Waals surface area contributed by atoms with Gasteiger partial charge in [0, 0.05) is 10.2 Å². The molecule has 0 spiro atoms. The molecule has 0 aliphatic rings. The van der Waals surface area contributed by atoms with Crippen molar-refractivity contribution in [3.8, 4) is 0 Å². The molecule has 0 bridgehead atoms. The lowest BCUT2D eigenvalue weighted by Gasteiger charge is -2.10. The van der Waals surface area contributed by atoms with Gasteiger partial charge < -0.3 is 10.4 Å². The molecule has 0 saturated heterocycles. The van der Waals surface area contributed by atoms with Crippen molar-refractivity contribution in [2.24, 2.45) is 0 Å². The van der Waals surface area contributed by atoms with E-state index in [2.05, 4.69) is 21.2 Å². The molecule has 0 heterocycles. The minimum atomic E-state index is -1.01. The van der Waals surface area contributed by atoms with Gasteiger partial charge in [0.2, 0.25) is 0 Å². The van der Waals surface area contributed by atoms with Crippen LogP contribution in [-0.2, 0) is 0 Å². The van der Waals surface area contributed by atoms with Crippen molar-refractivity contribution in [1.82, 2.24) is 0 Å². The van der Waals surface area contributed by atoms with Gasteiger partial charge in [0.05, 0.1) is 16.1 Å². The van der Waals surface area contributed by atoms with Crippen molar-refractivity contribution in [2.45, 2.75) is 6.92 Å². The Morgan fingerprint density at radius 3 is 2.57 bits per heavy atom. The number of hydrogen-bond acceptors (Lipinski definition) is 2. The number of carboxylic acid groups (broad SMARTS) is 1. The number of aromatic carboxylic acids is 1. The smallest absolute Gasteiger partial charge is 0.335 e. The van der Waals surface area contributed by atoms with Gasteiger partial charge in [-0.2, -0.15) is 0 Å². The molecule has 108 valence electrons. The molecule has 4 nitrogen and oxygen atoms in total. The lowest BCUT2D eigenvalue weighted by Crippen LogP contribution is -2.13. The summed E-state index contributed by atoms with van der Waals surface area (Å²) in [7, 11) is 0. The summed E-state index contributed by atoms with van der Waals surface area (Å²) in [6.07, 6.45) is 0. The van der Waals surface area contributed by atoms with Gasteiger partial charge in [-0.05, 0) is 58.7 Å². The van der Waals surface area contributed by atoms with E-state index in [9.17, 15) is 9.59 Å². The quantitative estimate of drug-likeness (QED) is 0.846. The number of hydrogen-bond donors (Lipinski definition) is 2. The van der Waals surface area contributed by atoms with Crippen molar-refractivity contribution in [2.75, 3.05) is 5.32 Å². The molecular formula is C15H11BrClNO3. The predicted octanol–water partition coefficient (Wildman–Crippen LogP) is 4.36. The Balaban J connectivity index is 2.28. The van der Waals surface area contributed by atoms with Gasteiger partial charge in [-0.25, -0.2) is 4.79 Å². The zero-order chi connectivity index (χ0) is 15.6. The van der Waals surface area contributed by atoms with Crippen molar-refractivity contribution in [1.29, 1.82) is 0 Å². The van der Waals surface area contributed by atoms with Crippen molar-refractivity contribution < 1.29 is 14.7 Å². The monoisotopic (exact) mass is 367 g/mol. The Kier molecular flexibility index (Phi) is 4.65. The van der Waals surface area contributed by atoms with E-state index in [1.54, 1.807) is 31.2 Å². The molecular weight excluding hydrogens is 358 g/mol. The van der Waals surface area contributed by atoms with Gasteiger partial charge in [0.15, 0.2) is 0 Å². The summed E-state index contributed by atoms with van der Waals surface area (Å²) in [5, 5.41) is 12.0. The lowest BCUT2D eigenvalue weighted by molar-refractivity contribution is 0.0696. The van der Waals surface area contributed by atoms with Gasteiger partial charge in [0.25, 0.3) is 5.91 Å². The Morgan fingerprint density at radius 2 is 1.95 bits per heavy atom. The first-order valence-corrected chi connectivity index (χ1v) is 7.16. The highest BCUT2D eigenvalue weighted by Crippen LogP contribution is 2.27. The summed E-state index contributed by atoms with van der Waals surface area (Å²) < 4.78 is 0.634. The van der Waals surface area contributed by atoms with Crippen molar-refractivity contribution in [3.63, 3.8) is 0 Å². The van der Waals surface area contributed by atoms with Crippen LogP contribution in [0.1, 0.15) is 26.3 Å². The van der Waals surface area contributed by atoms with Crippen LogP contribution in [0.25, 0.3) is 0 Å². The van der Waals surface area contributed by atoms with Crippen molar-refractivity contribution >= 4 is 45.1 Å². The second-order valence-electron chi connectivity index (χ2n) is 4.39. The minimum absolute atomic E-state index is 0.172. The SMILES string of the molecule is Cc1cc(C(=O)O)ccc1NC(=O)c1cccc(Br)c1Cl. The molecule has 0 unspecified atom stereocenters. The van der Waals surface area contributed by atoms with E-state index in [-0.39, 0.29) is 11.5 Å². The van der Waals surface area contributed by atoms with E-state index in [4.69, 9.17) is 16.7 Å². The third kappa shape index (κ3) is 3.43. The molecule has 0 fully saturated rings. The van der Waals surface area contributed by atoms with Crippen LogP contribution in [0.2, 0.25) is 5.02 Å². The fourth-order valence-corrected chi connectivity index (χ4v) is 2.38. The number of carbonyl (C=O) groups is 2. The predicted molar refractivity (Wildman–Crippen MR) is 85.2 cm³/mol. The van der Waals surface area contributed by atoms with E-state index < -0.39 is 5.97 Å². The largest absolute Gasteiger partial charge is 0.478 e. The summed E-state index contributed by atoms with van der Waals surface area (Å²) in [5.74, 6) is -1.36. The summed E-state index contributed by atoms with van der Waals surface area (Å²) in [6.45, 7) is 1.73. The number of aryl methyl sites for hydroxylation is 1. The topological polar surface area (TPSA) is 66.4 Å². The van der Waals surface area contributed by atoms with Gasteiger partial charge in [0.1, 0.15) is 0 Å². The molecule has 0 aromatic heterocycles. The fourth-order valence-electron chi connectivity index (χ4n) is 1.81. The molecule has 0 radical (unpaired) electrons. The van der Waals surface area contributed by atoms with Crippen LogP contribution in [-0.4, -0.2) is 17.0 Å². The minimum Gasteiger partial charge on any atom is -0.478 e. The number of carboxylic acids is 1. The molecule has 6 heteroatoms. The molecule has 0 aliphatic carbocycles. The molecule has 21 heavy (non-hydrogen) atoms. The van der Waals surface area contributed by atoms with E-state index in [1.807, 2.05) is 0 Å². The van der Waals surface area contributed by atoms with Gasteiger partial charge in [-0.15, -0.1) is 0 Å². The van der Waals surface area contributed by atoms with E-state index in [0.717, 1.165) is 0 Å². The summed E-state index contributed by atoms with van der Waals surface area (Å²) >= 11 is 9.34. The second kappa shape index (κ2) is 6.28. The molecule has 2 rings (SSSR count). The molecule has 2 N–H and O–H groups in total. The number of amides is 1. The number of rotatable bonds is 3. The first-order chi connectivity index (χ1) is 9.90. The molecule has 0 atom stereocenters. The van der Waals surface area contributed by atoms with Gasteiger partial charge >= 0.3 is 5.97 Å². The highest BCUT2D eigenvalue weighted by atomic mass is 79.9. The Morgan fingerprint density at radius 1 is 1.24 bits per heavy atom. The van der Waals surface area contributed by atoms with E-state index in [0.29, 0.717) is 26.3 Å². The zero-order valence-electron chi connectivity index (χ0n) is 11.0. The second-order valence-corrected chi connectivity index (χ2v) is 5.62. The van der Waals surface area contributed by atoms with Crippen molar-refractivity contribution in [3.05, 3.63) is 62.6 Å². The standard InChI is InChI=1S/C15H11BrClNO3/c1-8-7-9(15(20)21)5-6-12(8)18-14(19)10-3-2-4-11(16)13(10)17/h2-7H,1H3,(H,18,19)(H,20,21). The molecule has 1 amide bonds. The number of halogens is 2. The molecule has 0 saturated carbocycles. The lowest BCUT2D eigenvalue weighted by atomic mass is 10.1. The average Bonchev–Trinajstić information content (AvgIpc) is 2.43. The summed E-state index contributed by atoms with van der Waals surface area (Å²) in [5.41, 5.74) is 1.72. The average molecular weight is 369 g/mol. The van der Waals surface area contributed by atoms with Crippen LogP contribution < -0.4 is 5.32 Å². The molecule has 2 aromatic carbocycles. The summed E-state index contributed by atoms with van der Waals surface area (Å²) in [4.78, 5) is 23.1. The maximum Gasteiger partial charge on any atom is 0.335 e. The molecule has 2 aromatic rings. The number of nitrogens with one attached hydrogen (secondary N) is 1. The van der Waals surface area contributed by atoms with Gasteiger partial charge in [-0.3, -0.25) is 4.79 Å². The van der Waals surface area contributed by atoms with E-state index >= 15 is 0 Å². The highest BCUT2D eigenvalue weighted by Gasteiger charge is 2.14. The summed E-state index contributed by atoms with van der Waals surface area (Å²) in [6, 6.07) is 9.57. The Hall–Kier alpha value is -1.85. The third-order valence-corrected chi connectivity index (χ3v) is 4.21. The highest BCUT2D eigenvalue weighted by molar-refractivity contribution is 9.10. The normalized spacial score (nSPS) is 10.2.